The molecule has 1 atom stereocenters. The quantitative estimate of drug-likeness (QED) is 0.322. The van der Waals surface area contributed by atoms with Gasteiger partial charge in [-0.1, -0.05) is 23.8 Å². The SMILES string of the molecule is CCOc1cc(C2C(=C(O)c3cc(C)ccc3C)C(=O)C(=O)N2Cc2ccncc2)ccc1O. The summed E-state index contributed by atoms with van der Waals surface area (Å²) < 4.78 is 5.53. The van der Waals surface area contributed by atoms with Crippen LogP contribution in [-0.2, 0) is 16.1 Å². The fraction of sp³-hybridized carbons (Fsp3) is 0.222. The van der Waals surface area contributed by atoms with Gasteiger partial charge in [0, 0.05) is 24.5 Å². The molecule has 4 rings (SSSR count). The van der Waals surface area contributed by atoms with Crippen LogP contribution in [-0.4, -0.2) is 38.4 Å². The van der Waals surface area contributed by atoms with Crippen LogP contribution in [0, 0.1) is 13.8 Å². The van der Waals surface area contributed by atoms with E-state index >= 15 is 0 Å². The van der Waals surface area contributed by atoms with E-state index in [0.29, 0.717) is 17.7 Å². The number of Topliss-reactive ketones (excluding diaryl/α,β-unsaturated/α-hetero) is 1. The minimum Gasteiger partial charge on any atom is -0.507 e. The first kappa shape index (κ1) is 23.0. The van der Waals surface area contributed by atoms with E-state index in [2.05, 4.69) is 4.98 Å². The zero-order valence-electron chi connectivity index (χ0n) is 19.3. The Balaban J connectivity index is 1.92. The van der Waals surface area contributed by atoms with Gasteiger partial charge in [0.15, 0.2) is 11.5 Å². The van der Waals surface area contributed by atoms with Crippen molar-refractivity contribution in [3.05, 3.63) is 94.3 Å². The zero-order chi connectivity index (χ0) is 24.4. The van der Waals surface area contributed by atoms with E-state index in [9.17, 15) is 19.8 Å². The van der Waals surface area contributed by atoms with E-state index < -0.39 is 17.7 Å². The number of rotatable bonds is 6. The summed E-state index contributed by atoms with van der Waals surface area (Å²) in [5.41, 5.74) is 3.52. The number of hydrogen-bond acceptors (Lipinski definition) is 6. The van der Waals surface area contributed by atoms with Crippen LogP contribution in [0.2, 0.25) is 0 Å². The second-order valence-corrected chi connectivity index (χ2v) is 8.26. The summed E-state index contributed by atoms with van der Waals surface area (Å²) in [7, 11) is 0. The van der Waals surface area contributed by atoms with Gasteiger partial charge in [-0.05, 0) is 67.8 Å². The predicted molar refractivity (Wildman–Crippen MR) is 127 cm³/mol. The number of hydrogen-bond donors (Lipinski definition) is 2. The molecule has 174 valence electrons. The number of aliphatic hydroxyl groups is 1. The van der Waals surface area contributed by atoms with Gasteiger partial charge in [-0.2, -0.15) is 0 Å². The van der Waals surface area contributed by atoms with Gasteiger partial charge in [0.05, 0.1) is 18.2 Å². The minimum atomic E-state index is -0.868. The van der Waals surface area contributed by atoms with E-state index in [4.69, 9.17) is 4.74 Å². The maximum absolute atomic E-state index is 13.3. The second-order valence-electron chi connectivity index (χ2n) is 8.26. The summed E-state index contributed by atoms with van der Waals surface area (Å²) in [5.74, 6) is -1.51. The smallest absolute Gasteiger partial charge is 0.295 e. The Kier molecular flexibility index (Phi) is 6.36. The molecule has 0 bridgehead atoms. The lowest BCUT2D eigenvalue weighted by Gasteiger charge is -2.26. The van der Waals surface area contributed by atoms with Crippen molar-refractivity contribution in [1.82, 2.24) is 9.88 Å². The van der Waals surface area contributed by atoms with Crippen molar-refractivity contribution in [2.24, 2.45) is 0 Å². The van der Waals surface area contributed by atoms with Crippen molar-refractivity contribution < 1.29 is 24.5 Å². The molecule has 2 aromatic carbocycles. The lowest BCUT2D eigenvalue weighted by molar-refractivity contribution is -0.140. The van der Waals surface area contributed by atoms with Crippen molar-refractivity contribution in [3.8, 4) is 11.5 Å². The van der Waals surface area contributed by atoms with Crippen molar-refractivity contribution >= 4 is 17.4 Å². The van der Waals surface area contributed by atoms with Gasteiger partial charge in [-0.25, -0.2) is 0 Å². The number of ether oxygens (including phenoxy) is 1. The molecule has 1 unspecified atom stereocenters. The molecule has 2 heterocycles. The Hall–Kier alpha value is -4.13. The number of phenols is 1. The lowest BCUT2D eigenvalue weighted by atomic mass is 9.93. The average molecular weight is 459 g/mol. The molecule has 1 amide bonds. The zero-order valence-corrected chi connectivity index (χ0v) is 19.3. The van der Waals surface area contributed by atoms with Crippen LogP contribution in [0.5, 0.6) is 11.5 Å². The predicted octanol–water partition coefficient (Wildman–Crippen LogP) is 4.42. The Morgan fingerprint density at radius 2 is 1.79 bits per heavy atom. The molecule has 1 aliphatic rings. The number of likely N-dealkylation sites (tertiary alicyclic amines) is 1. The Bertz CT molecular complexity index is 1280. The molecule has 0 radical (unpaired) electrons. The number of aryl methyl sites for hydroxylation is 2. The number of benzene rings is 2. The topological polar surface area (TPSA) is 100.0 Å². The van der Waals surface area contributed by atoms with Crippen molar-refractivity contribution in [2.45, 2.75) is 33.4 Å². The highest BCUT2D eigenvalue weighted by Gasteiger charge is 2.46. The molecule has 1 fully saturated rings. The summed E-state index contributed by atoms with van der Waals surface area (Å²) >= 11 is 0. The molecule has 0 aliphatic carbocycles. The molecule has 34 heavy (non-hydrogen) atoms. The van der Waals surface area contributed by atoms with Gasteiger partial charge in [0.2, 0.25) is 0 Å². The number of aromatic hydroxyl groups is 1. The van der Waals surface area contributed by atoms with Crippen LogP contribution >= 0.6 is 0 Å². The largest absolute Gasteiger partial charge is 0.507 e. The molecular formula is C27H26N2O5. The van der Waals surface area contributed by atoms with Crippen LogP contribution < -0.4 is 4.74 Å². The van der Waals surface area contributed by atoms with E-state index in [0.717, 1.165) is 16.7 Å². The highest BCUT2D eigenvalue weighted by molar-refractivity contribution is 6.46. The summed E-state index contributed by atoms with van der Waals surface area (Å²) in [6.07, 6.45) is 3.23. The first-order valence-electron chi connectivity index (χ1n) is 11.0. The summed E-state index contributed by atoms with van der Waals surface area (Å²) in [4.78, 5) is 31.9. The average Bonchev–Trinajstić information content (AvgIpc) is 3.07. The number of nitrogens with zero attached hydrogens (tertiary/aromatic N) is 2. The van der Waals surface area contributed by atoms with Gasteiger partial charge >= 0.3 is 0 Å². The molecule has 7 nitrogen and oxygen atoms in total. The normalized spacial score (nSPS) is 17.3. The summed E-state index contributed by atoms with van der Waals surface area (Å²) in [6.45, 7) is 6.00. The van der Waals surface area contributed by atoms with Gasteiger partial charge in [-0.3, -0.25) is 14.6 Å². The molecule has 0 spiro atoms. The Morgan fingerprint density at radius 1 is 1.06 bits per heavy atom. The molecular weight excluding hydrogens is 432 g/mol. The van der Waals surface area contributed by atoms with Crippen LogP contribution in [0.25, 0.3) is 5.76 Å². The summed E-state index contributed by atoms with van der Waals surface area (Å²) in [6, 6.07) is 12.9. The number of aliphatic hydroxyl groups excluding tert-OH is 1. The van der Waals surface area contributed by atoms with Gasteiger partial charge < -0.3 is 19.8 Å². The highest BCUT2D eigenvalue weighted by Crippen LogP contribution is 2.42. The first-order chi connectivity index (χ1) is 16.3. The number of carbonyl (C=O) groups is 2. The van der Waals surface area contributed by atoms with Crippen molar-refractivity contribution in [3.63, 3.8) is 0 Å². The molecule has 1 saturated heterocycles. The Labute approximate surface area is 198 Å². The minimum absolute atomic E-state index is 0.000828. The van der Waals surface area contributed by atoms with Crippen LogP contribution in [0.4, 0.5) is 0 Å². The van der Waals surface area contributed by atoms with Crippen molar-refractivity contribution in [1.29, 1.82) is 0 Å². The van der Waals surface area contributed by atoms with Crippen LogP contribution in [0.15, 0.2) is 66.5 Å². The third-order valence-corrected chi connectivity index (χ3v) is 5.89. The fourth-order valence-corrected chi connectivity index (χ4v) is 4.18. The maximum Gasteiger partial charge on any atom is 0.295 e. The number of carbonyl (C=O) groups excluding carboxylic acids is 2. The van der Waals surface area contributed by atoms with E-state index in [1.54, 1.807) is 49.6 Å². The molecule has 1 aliphatic heterocycles. The molecule has 0 saturated carbocycles. The van der Waals surface area contributed by atoms with Gasteiger partial charge in [0.25, 0.3) is 11.7 Å². The molecule has 1 aromatic heterocycles. The van der Waals surface area contributed by atoms with Crippen LogP contribution in [0.3, 0.4) is 0 Å². The maximum atomic E-state index is 13.3. The monoisotopic (exact) mass is 458 g/mol. The number of ketones is 1. The highest BCUT2D eigenvalue weighted by atomic mass is 16.5. The van der Waals surface area contributed by atoms with Crippen molar-refractivity contribution in [2.75, 3.05) is 6.61 Å². The first-order valence-corrected chi connectivity index (χ1v) is 11.0. The fourth-order valence-electron chi connectivity index (χ4n) is 4.18. The number of pyridine rings is 1. The second kappa shape index (κ2) is 9.39. The van der Waals surface area contributed by atoms with E-state index in [-0.39, 0.29) is 29.4 Å². The number of aromatic nitrogens is 1. The molecule has 2 N–H and O–H groups in total. The number of phenolic OH excluding ortho intramolecular Hbond substituents is 1. The Morgan fingerprint density at radius 3 is 2.50 bits per heavy atom. The molecule has 7 heteroatoms. The third-order valence-electron chi connectivity index (χ3n) is 5.89. The lowest BCUT2D eigenvalue weighted by Crippen LogP contribution is -2.29. The molecule has 3 aromatic rings. The third kappa shape index (κ3) is 4.24. The van der Waals surface area contributed by atoms with E-state index in [1.165, 1.54) is 11.0 Å². The van der Waals surface area contributed by atoms with Gasteiger partial charge in [-0.15, -0.1) is 0 Å². The van der Waals surface area contributed by atoms with Crippen LogP contribution in [0.1, 0.15) is 40.8 Å². The summed E-state index contributed by atoms with van der Waals surface area (Å²) in [5, 5.41) is 21.5. The van der Waals surface area contributed by atoms with Gasteiger partial charge in [0.1, 0.15) is 5.76 Å². The standard InChI is InChI=1S/C27H26N2O5/c1-4-34-22-14-19(7-8-21(22)30)24-23(25(31)20-13-16(2)5-6-17(20)3)26(32)27(33)29(24)15-18-9-11-28-12-10-18/h5-14,24,30-31H,4,15H2,1-3H3. The van der Waals surface area contributed by atoms with E-state index in [1.807, 2.05) is 26.0 Å². The number of amides is 1.